The molecule has 0 heteroatoms. The second-order valence-electron chi connectivity index (χ2n) is 13.1. The molecule has 9 aromatic carbocycles. The molecule has 0 radical (unpaired) electrons. The predicted octanol–water partition coefficient (Wildman–Crippen LogP) is 13.5. The lowest BCUT2D eigenvalue weighted by Crippen LogP contribution is -1.91. The zero-order valence-electron chi connectivity index (χ0n) is 27.2. The van der Waals surface area contributed by atoms with Gasteiger partial charge >= 0.3 is 0 Å². The largest absolute Gasteiger partial charge is 0.0622 e. The van der Waals surface area contributed by atoms with E-state index in [1.807, 2.05) is 0 Å². The van der Waals surface area contributed by atoms with E-state index in [2.05, 4.69) is 184 Å². The highest BCUT2D eigenvalue weighted by Crippen LogP contribution is 2.43. The molecule has 0 aliphatic rings. The highest BCUT2D eigenvalue weighted by atomic mass is 14.2. The fourth-order valence-corrected chi connectivity index (χ4v) is 7.53. The van der Waals surface area contributed by atoms with Crippen LogP contribution in [0.15, 0.2) is 170 Å². The number of aryl methyl sites for hydroxylation is 2. The average Bonchev–Trinajstić information content (AvgIpc) is 3.14. The quantitative estimate of drug-likeness (QED) is 0.170. The highest BCUT2D eigenvalue weighted by Gasteiger charge is 2.16. The Morgan fingerprint density at radius 2 is 0.688 bits per heavy atom. The maximum Gasteiger partial charge on any atom is -0.00203 e. The van der Waals surface area contributed by atoms with Crippen molar-refractivity contribution in [3.63, 3.8) is 0 Å². The fourth-order valence-electron chi connectivity index (χ4n) is 7.53. The highest BCUT2D eigenvalue weighted by molar-refractivity contribution is 6.27. The van der Waals surface area contributed by atoms with Gasteiger partial charge in [-0.25, -0.2) is 0 Å². The third kappa shape index (κ3) is 4.86. The first-order valence-corrected chi connectivity index (χ1v) is 16.7. The van der Waals surface area contributed by atoms with Crippen LogP contribution in [0.1, 0.15) is 11.1 Å². The van der Waals surface area contributed by atoms with Gasteiger partial charge in [-0.2, -0.15) is 0 Å². The normalized spacial score (nSPS) is 11.5. The predicted molar refractivity (Wildman–Crippen MR) is 207 cm³/mol. The van der Waals surface area contributed by atoms with E-state index in [0.29, 0.717) is 0 Å². The minimum Gasteiger partial charge on any atom is -0.0622 e. The molecule has 0 aromatic heterocycles. The van der Waals surface area contributed by atoms with Crippen molar-refractivity contribution in [2.75, 3.05) is 0 Å². The lowest BCUT2D eigenvalue weighted by Gasteiger charge is -2.17. The summed E-state index contributed by atoms with van der Waals surface area (Å²) < 4.78 is 0. The van der Waals surface area contributed by atoms with Crippen LogP contribution >= 0.6 is 0 Å². The van der Waals surface area contributed by atoms with Crippen LogP contribution in [0.5, 0.6) is 0 Å². The van der Waals surface area contributed by atoms with Gasteiger partial charge in [0.15, 0.2) is 0 Å². The van der Waals surface area contributed by atoms with Crippen molar-refractivity contribution in [1.29, 1.82) is 0 Å². The molecule has 9 rings (SSSR count). The lowest BCUT2D eigenvalue weighted by molar-refractivity contribution is 1.46. The Morgan fingerprint density at radius 1 is 0.271 bits per heavy atom. The summed E-state index contributed by atoms with van der Waals surface area (Å²) in [6.45, 7) is 4.37. The molecular weight excluding hydrogens is 577 g/mol. The van der Waals surface area contributed by atoms with E-state index >= 15 is 0 Å². The van der Waals surface area contributed by atoms with Crippen LogP contribution in [0.3, 0.4) is 0 Å². The summed E-state index contributed by atoms with van der Waals surface area (Å²) in [4.78, 5) is 0. The monoisotopic (exact) mass is 610 g/mol. The molecule has 0 N–H and O–H groups in total. The van der Waals surface area contributed by atoms with Crippen LogP contribution in [0.2, 0.25) is 0 Å². The third-order valence-electron chi connectivity index (χ3n) is 9.90. The molecule has 0 bridgehead atoms. The van der Waals surface area contributed by atoms with Crippen molar-refractivity contribution < 1.29 is 0 Å². The van der Waals surface area contributed by atoms with Crippen LogP contribution in [0.4, 0.5) is 0 Å². The van der Waals surface area contributed by atoms with Crippen LogP contribution in [-0.4, -0.2) is 0 Å². The SMILES string of the molecule is Cc1ccc(-c2ccc3ccc4c(-c5cc(C)cc(-c6cc(-c7ccccc7)cc(-c7ccccc7)c6)c5)ccc5ccc2c3c54)cc1. The Bertz CT molecular complexity index is 2530. The number of benzene rings is 9. The molecule has 0 saturated heterocycles. The number of rotatable bonds is 5. The molecule has 0 saturated carbocycles. The van der Waals surface area contributed by atoms with Crippen molar-refractivity contribution in [1.82, 2.24) is 0 Å². The van der Waals surface area contributed by atoms with Gasteiger partial charge in [0, 0.05) is 0 Å². The smallest absolute Gasteiger partial charge is 0.00203 e. The summed E-state index contributed by atoms with van der Waals surface area (Å²) >= 11 is 0. The Morgan fingerprint density at radius 3 is 1.23 bits per heavy atom. The van der Waals surface area contributed by atoms with Gasteiger partial charge in [0.25, 0.3) is 0 Å². The summed E-state index contributed by atoms with van der Waals surface area (Å²) in [7, 11) is 0. The zero-order chi connectivity index (χ0) is 32.2. The summed E-state index contributed by atoms with van der Waals surface area (Å²) in [6.07, 6.45) is 0. The second kappa shape index (κ2) is 11.4. The first-order valence-electron chi connectivity index (χ1n) is 16.7. The summed E-state index contributed by atoms with van der Waals surface area (Å²) in [5.41, 5.74) is 14.9. The second-order valence-corrected chi connectivity index (χ2v) is 13.1. The van der Waals surface area contributed by atoms with E-state index in [0.717, 1.165) is 0 Å². The standard InChI is InChI=1S/C48H34/c1-31-13-15-35(16-14-31)43-21-17-36-20-24-46-44(22-18-37-19-23-45(43)47(36)48(37)46)42-26-32(2)25-38(30-42)41-28-39(33-9-5-3-6-10-33)27-40(29-41)34-11-7-4-8-12-34/h3-30H,1-2H3. The molecule has 0 spiro atoms. The van der Waals surface area contributed by atoms with Crippen LogP contribution < -0.4 is 0 Å². The molecule has 0 nitrogen and oxygen atoms in total. The van der Waals surface area contributed by atoms with Crippen molar-refractivity contribution in [3.05, 3.63) is 181 Å². The van der Waals surface area contributed by atoms with Gasteiger partial charge in [0.1, 0.15) is 0 Å². The molecule has 0 aliphatic carbocycles. The van der Waals surface area contributed by atoms with Gasteiger partial charge in [-0.15, -0.1) is 0 Å². The van der Waals surface area contributed by atoms with E-state index in [1.54, 1.807) is 0 Å². The Balaban J connectivity index is 1.24. The molecule has 9 aromatic rings. The first kappa shape index (κ1) is 28.3. The van der Waals surface area contributed by atoms with E-state index in [1.165, 1.54) is 99.1 Å². The molecule has 0 fully saturated rings. The minimum absolute atomic E-state index is 1.22. The topological polar surface area (TPSA) is 0 Å². The molecule has 0 unspecified atom stereocenters. The van der Waals surface area contributed by atoms with Crippen molar-refractivity contribution in [3.8, 4) is 55.6 Å². The van der Waals surface area contributed by atoms with Crippen LogP contribution in [0, 0.1) is 13.8 Å². The van der Waals surface area contributed by atoms with Gasteiger partial charge in [-0.05, 0) is 132 Å². The molecule has 0 atom stereocenters. The van der Waals surface area contributed by atoms with Gasteiger partial charge in [-0.3, -0.25) is 0 Å². The van der Waals surface area contributed by atoms with Gasteiger partial charge in [0.2, 0.25) is 0 Å². The Hall–Kier alpha value is -5.98. The van der Waals surface area contributed by atoms with Crippen molar-refractivity contribution in [2.45, 2.75) is 13.8 Å². The summed E-state index contributed by atoms with van der Waals surface area (Å²) in [5.74, 6) is 0. The van der Waals surface area contributed by atoms with Crippen molar-refractivity contribution in [2.24, 2.45) is 0 Å². The third-order valence-corrected chi connectivity index (χ3v) is 9.90. The summed E-state index contributed by atoms with van der Waals surface area (Å²) in [6, 6.07) is 62.8. The maximum atomic E-state index is 2.38. The van der Waals surface area contributed by atoms with Crippen LogP contribution in [-0.2, 0) is 0 Å². The van der Waals surface area contributed by atoms with Gasteiger partial charge in [0.05, 0.1) is 0 Å². The molecule has 0 amide bonds. The average molecular weight is 611 g/mol. The van der Waals surface area contributed by atoms with E-state index in [9.17, 15) is 0 Å². The molecular formula is C48H34. The Labute approximate surface area is 281 Å². The maximum absolute atomic E-state index is 2.38. The van der Waals surface area contributed by atoms with E-state index in [4.69, 9.17) is 0 Å². The molecule has 48 heavy (non-hydrogen) atoms. The van der Waals surface area contributed by atoms with E-state index in [-0.39, 0.29) is 0 Å². The molecule has 0 heterocycles. The molecule has 0 aliphatic heterocycles. The van der Waals surface area contributed by atoms with Gasteiger partial charge in [-0.1, -0.05) is 151 Å². The van der Waals surface area contributed by atoms with Crippen LogP contribution in [0.25, 0.3) is 88.0 Å². The fraction of sp³-hybridized carbons (Fsp3) is 0.0417. The Kier molecular flexibility index (Phi) is 6.69. The zero-order valence-corrected chi connectivity index (χ0v) is 27.2. The molecule has 226 valence electrons. The minimum atomic E-state index is 1.22. The first-order chi connectivity index (χ1) is 23.6. The van der Waals surface area contributed by atoms with Crippen molar-refractivity contribution >= 4 is 32.3 Å². The summed E-state index contributed by atoms with van der Waals surface area (Å²) in [5, 5.41) is 7.86. The lowest BCUT2D eigenvalue weighted by atomic mass is 9.86. The number of hydrogen-bond donors (Lipinski definition) is 0. The van der Waals surface area contributed by atoms with E-state index < -0.39 is 0 Å². The number of hydrogen-bond acceptors (Lipinski definition) is 0. The van der Waals surface area contributed by atoms with Gasteiger partial charge < -0.3 is 0 Å².